The van der Waals surface area contributed by atoms with Crippen LogP contribution in [0.25, 0.3) is 0 Å². The maximum Gasteiger partial charge on any atom is 0.0625 e. The standard InChI is InChI=1S/C12H27NO/c1-6-7-8-13-10-11(2)9-12(3,4)14-5/h11,13H,6-10H2,1-5H3. The Balaban J connectivity index is 3.49. The fraction of sp³-hybridized carbons (Fsp3) is 1.00. The zero-order valence-corrected chi connectivity index (χ0v) is 10.5. The highest BCUT2D eigenvalue weighted by Crippen LogP contribution is 2.18. The molecule has 0 aromatic rings. The first kappa shape index (κ1) is 13.9. The molecule has 0 saturated carbocycles. The summed E-state index contributed by atoms with van der Waals surface area (Å²) in [5.41, 5.74) is 0.0197. The highest BCUT2D eigenvalue weighted by molar-refractivity contribution is 4.72. The molecule has 0 aliphatic rings. The number of nitrogens with one attached hydrogen (secondary N) is 1. The Morgan fingerprint density at radius 2 is 2.00 bits per heavy atom. The lowest BCUT2D eigenvalue weighted by atomic mass is 9.94. The van der Waals surface area contributed by atoms with Gasteiger partial charge in [-0.2, -0.15) is 0 Å². The third kappa shape index (κ3) is 7.34. The van der Waals surface area contributed by atoms with E-state index in [9.17, 15) is 0 Å². The molecule has 0 saturated heterocycles. The number of ether oxygens (including phenoxy) is 1. The Labute approximate surface area is 89.4 Å². The van der Waals surface area contributed by atoms with E-state index < -0.39 is 0 Å². The minimum Gasteiger partial charge on any atom is -0.379 e. The molecule has 1 N–H and O–H groups in total. The Morgan fingerprint density at radius 3 is 2.50 bits per heavy atom. The van der Waals surface area contributed by atoms with Crippen LogP contribution in [-0.2, 0) is 4.74 Å². The normalized spacial score (nSPS) is 14.4. The monoisotopic (exact) mass is 201 g/mol. The van der Waals surface area contributed by atoms with Crippen LogP contribution in [-0.4, -0.2) is 25.8 Å². The van der Waals surface area contributed by atoms with Crippen molar-refractivity contribution >= 4 is 0 Å². The van der Waals surface area contributed by atoms with E-state index in [1.807, 2.05) is 0 Å². The molecule has 14 heavy (non-hydrogen) atoms. The molecule has 0 heterocycles. The van der Waals surface area contributed by atoms with Gasteiger partial charge >= 0.3 is 0 Å². The Bertz CT molecular complexity index is 134. The van der Waals surface area contributed by atoms with Crippen molar-refractivity contribution in [2.75, 3.05) is 20.2 Å². The van der Waals surface area contributed by atoms with Gasteiger partial charge in [-0.25, -0.2) is 0 Å². The second-order valence-corrected chi connectivity index (χ2v) is 4.83. The molecule has 0 aromatic heterocycles. The average Bonchev–Trinajstić information content (AvgIpc) is 2.12. The zero-order valence-electron chi connectivity index (χ0n) is 10.5. The summed E-state index contributed by atoms with van der Waals surface area (Å²) in [6.45, 7) is 11.0. The lowest BCUT2D eigenvalue weighted by Gasteiger charge is -2.26. The van der Waals surface area contributed by atoms with Crippen molar-refractivity contribution in [3.05, 3.63) is 0 Å². The lowest BCUT2D eigenvalue weighted by molar-refractivity contribution is 0.00397. The van der Waals surface area contributed by atoms with Gasteiger partial charge in [-0.05, 0) is 45.7 Å². The molecular weight excluding hydrogens is 174 g/mol. The van der Waals surface area contributed by atoms with Crippen molar-refractivity contribution in [3.63, 3.8) is 0 Å². The molecular formula is C12H27NO. The lowest BCUT2D eigenvalue weighted by Crippen LogP contribution is -2.30. The summed E-state index contributed by atoms with van der Waals surface area (Å²) in [5.74, 6) is 0.682. The highest BCUT2D eigenvalue weighted by atomic mass is 16.5. The van der Waals surface area contributed by atoms with Crippen LogP contribution in [0, 0.1) is 5.92 Å². The first-order valence-electron chi connectivity index (χ1n) is 5.77. The predicted molar refractivity (Wildman–Crippen MR) is 62.6 cm³/mol. The van der Waals surface area contributed by atoms with Crippen LogP contribution in [0.3, 0.4) is 0 Å². The number of methoxy groups -OCH3 is 1. The SMILES string of the molecule is CCCCNCC(C)CC(C)(C)OC. The summed E-state index contributed by atoms with van der Waals surface area (Å²) in [4.78, 5) is 0. The predicted octanol–water partition coefficient (Wildman–Crippen LogP) is 2.83. The molecule has 1 atom stereocenters. The van der Waals surface area contributed by atoms with Crippen LogP contribution < -0.4 is 5.32 Å². The molecule has 0 bridgehead atoms. The number of hydrogen-bond acceptors (Lipinski definition) is 2. The van der Waals surface area contributed by atoms with Crippen molar-refractivity contribution in [1.82, 2.24) is 5.32 Å². The Hall–Kier alpha value is -0.0800. The van der Waals surface area contributed by atoms with Crippen LogP contribution in [0.4, 0.5) is 0 Å². The number of hydrogen-bond donors (Lipinski definition) is 1. The van der Waals surface area contributed by atoms with E-state index in [2.05, 4.69) is 33.0 Å². The second kappa shape index (κ2) is 7.24. The van der Waals surface area contributed by atoms with Crippen LogP contribution in [0.5, 0.6) is 0 Å². The number of rotatable bonds is 8. The first-order chi connectivity index (χ1) is 6.52. The van der Waals surface area contributed by atoms with Crippen molar-refractivity contribution in [2.45, 2.75) is 52.6 Å². The van der Waals surface area contributed by atoms with Gasteiger partial charge in [-0.15, -0.1) is 0 Å². The summed E-state index contributed by atoms with van der Waals surface area (Å²) >= 11 is 0. The van der Waals surface area contributed by atoms with E-state index in [4.69, 9.17) is 4.74 Å². The molecule has 0 spiro atoms. The molecule has 0 aliphatic heterocycles. The van der Waals surface area contributed by atoms with Gasteiger partial charge in [0.2, 0.25) is 0 Å². The molecule has 0 aliphatic carbocycles. The van der Waals surface area contributed by atoms with Crippen LogP contribution >= 0.6 is 0 Å². The summed E-state index contributed by atoms with van der Waals surface area (Å²) in [5, 5.41) is 3.48. The second-order valence-electron chi connectivity index (χ2n) is 4.83. The van der Waals surface area contributed by atoms with E-state index in [1.165, 1.54) is 12.8 Å². The molecule has 1 unspecified atom stereocenters. The van der Waals surface area contributed by atoms with Gasteiger partial charge in [0.05, 0.1) is 5.60 Å². The fourth-order valence-electron chi connectivity index (χ4n) is 1.64. The van der Waals surface area contributed by atoms with E-state index in [-0.39, 0.29) is 5.60 Å². The van der Waals surface area contributed by atoms with Crippen molar-refractivity contribution < 1.29 is 4.74 Å². The van der Waals surface area contributed by atoms with E-state index >= 15 is 0 Å². The minimum absolute atomic E-state index is 0.0197. The third-order valence-electron chi connectivity index (χ3n) is 2.59. The summed E-state index contributed by atoms with van der Waals surface area (Å²) in [6, 6.07) is 0. The molecule has 2 heteroatoms. The first-order valence-corrected chi connectivity index (χ1v) is 5.77. The van der Waals surface area contributed by atoms with Gasteiger partial charge in [0, 0.05) is 7.11 Å². The fourth-order valence-corrected chi connectivity index (χ4v) is 1.64. The maximum atomic E-state index is 5.41. The molecule has 0 rings (SSSR count). The van der Waals surface area contributed by atoms with E-state index in [1.54, 1.807) is 7.11 Å². The molecule has 0 aromatic carbocycles. The van der Waals surface area contributed by atoms with Gasteiger partial charge in [0.25, 0.3) is 0 Å². The summed E-state index contributed by atoms with van der Waals surface area (Å²) in [7, 11) is 1.79. The molecule has 2 nitrogen and oxygen atoms in total. The topological polar surface area (TPSA) is 21.3 Å². The van der Waals surface area contributed by atoms with E-state index in [0.29, 0.717) is 5.92 Å². The molecule has 0 fully saturated rings. The summed E-state index contributed by atoms with van der Waals surface area (Å²) < 4.78 is 5.41. The molecule has 0 radical (unpaired) electrons. The average molecular weight is 201 g/mol. The third-order valence-corrected chi connectivity index (χ3v) is 2.59. The van der Waals surface area contributed by atoms with Crippen molar-refractivity contribution in [3.8, 4) is 0 Å². The van der Waals surface area contributed by atoms with E-state index in [0.717, 1.165) is 19.5 Å². The molecule has 0 amide bonds. The maximum absolute atomic E-state index is 5.41. The Morgan fingerprint density at radius 1 is 1.36 bits per heavy atom. The zero-order chi connectivity index (χ0) is 11.0. The van der Waals surface area contributed by atoms with Crippen molar-refractivity contribution in [2.24, 2.45) is 5.92 Å². The minimum atomic E-state index is 0.0197. The van der Waals surface area contributed by atoms with Crippen molar-refractivity contribution in [1.29, 1.82) is 0 Å². The molecule has 86 valence electrons. The highest BCUT2D eigenvalue weighted by Gasteiger charge is 2.19. The Kier molecular flexibility index (Phi) is 7.20. The van der Waals surface area contributed by atoms with Crippen LogP contribution in [0.15, 0.2) is 0 Å². The van der Waals surface area contributed by atoms with Gasteiger partial charge in [0.15, 0.2) is 0 Å². The summed E-state index contributed by atoms with van der Waals surface area (Å²) in [6.07, 6.45) is 3.66. The van der Waals surface area contributed by atoms with Gasteiger partial charge in [0.1, 0.15) is 0 Å². The quantitative estimate of drug-likeness (QED) is 0.610. The van der Waals surface area contributed by atoms with Gasteiger partial charge in [-0.1, -0.05) is 20.3 Å². The van der Waals surface area contributed by atoms with Gasteiger partial charge in [-0.3, -0.25) is 0 Å². The van der Waals surface area contributed by atoms with Gasteiger partial charge < -0.3 is 10.1 Å². The van der Waals surface area contributed by atoms with Crippen LogP contribution in [0.2, 0.25) is 0 Å². The largest absolute Gasteiger partial charge is 0.379 e. The number of unbranched alkanes of at least 4 members (excludes halogenated alkanes) is 1. The smallest absolute Gasteiger partial charge is 0.0625 e. The van der Waals surface area contributed by atoms with Crippen LogP contribution in [0.1, 0.15) is 47.0 Å².